The molecule has 0 fully saturated rings. The maximum absolute atomic E-state index is 9.51. The zero-order valence-corrected chi connectivity index (χ0v) is 26.6. The number of allylic oxidation sites excluding steroid dienone is 3. The van der Waals surface area contributed by atoms with Crippen molar-refractivity contribution in [3.8, 4) is 0 Å². The Hall–Kier alpha value is -1.91. The number of carboxylic acid groups (broad SMARTS) is 1. The topological polar surface area (TPSA) is 55.8 Å². The molecule has 39 heavy (non-hydrogen) atoms. The summed E-state index contributed by atoms with van der Waals surface area (Å²) in [5.41, 5.74) is 2.88. The lowest BCUT2D eigenvalue weighted by Gasteiger charge is -2.22. The summed E-state index contributed by atoms with van der Waals surface area (Å²) < 4.78 is 11.3. The first-order chi connectivity index (χ1) is 18.7. The summed E-state index contributed by atoms with van der Waals surface area (Å²) >= 11 is 0. The lowest BCUT2D eigenvalue weighted by molar-refractivity contribution is -0.131. The molecule has 2 rings (SSSR count). The van der Waals surface area contributed by atoms with Crippen molar-refractivity contribution in [3.63, 3.8) is 0 Å². The SMILES string of the molecule is C/C=C\C(=O)O.C=C(CCCC)C[C@H](C)CC1CC=CCO1.CCC.CCCCC/C=C/C1CC(C)=CCO1. The molecule has 0 aliphatic carbocycles. The second-order valence-electron chi connectivity index (χ2n) is 10.7. The van der Waals surface area contributed by atoms with Crippen LogP contribution in [0.2, 0.25) is 0 Å². The van der Waals surface area contributed by atoms with Crippen LogP contribution >= 0.6 is 0 Å². The van der Waals surface area contributed by atoms with Crippen molar-refractivity contribution in [2.45, 2.75) is 138 Å². The molecule has 0 amide bonds. The average Bonchev–Trinajstić information content (AvgIpc) is 2.89. The summed E-state index contributed by atoms with van der Waals surface area (Å²) in [7, 11) is 0. The first-order valence-electron chi connectivity index (χ1n) is 15.5. The van der Waals surface area contributed by atoms with Crippen LogP contribution in [0.4, 0.5) is 0 Å². The second kappa shape index (κ2) is 29.1. The standard InChI is InChI=1S/C15H26O.C13H22O.C4H6O2.C3H8/c1-4-5-8-13(2)11-14(3)12-15-9-6-7-10-16-15;1-3-4-5-6-7-8-13-11-12(2)9-10-14-13;1-2-3-4(5)6;1-3-2/h6-7,14-15H,2,4-5,8-12H2,1,3H3;7-9,13H,3-6,10-11H2,1-2H3;2-3H,1H3,(H,5,6);3H2,1-2H3/b;8-7+;3-2-;/t14-,15?;;;/m0.../s1. The minimum atomic E-state index is -0.891. The average molecular weight is 547 g/mol. The fourth-order valence-corrected chi connectivity index (χ4v) is 4.09. The molecule has 1 N–H and O–H groups in total. The van der Waals surface area contributed by atoms with Gasteiger partial charge in [-0.05, 0) is 71.1 Å². The van der Waals surface area contributed by atoms with E-state index >= 15 is 0 Å². The number of carboxylic acids is 1. The molecule has 2 aliphatic rings. The molecule has 0 saturated carbocycles. The highest BCUT2D eigenvalue weighted by Crippen LogP contribution is 2.23. The highest BCUT2D eigenvalue weighted by Gasteiger charge is 2.15. The number of aliphatic carboxylic acids is 1. The minimum absolute atomic E-state index is 0.335. The van der Waals surface area contributed by atoms with E-state index < -0.39 is 5.97 Å². The van der Waals surface area contributed by atoms with E-state index in [0.717, 1.165) is 32.1 Å². The van der Waals surface area contributed by atoms with E-state index in [-0.39, 0.29) is 0 Å². The van der Waals surface area contributed by atoms with Gasteiger partial charge in [-0.1, -0.05) is 114 Å². The van der Waals surface area contributed by atoms with E-state index in [1.165, 1.54) is 81.4 Å². The summed E-state index contributed by atoms with van der Waals surface area (Å²) in [6, 6.07) is 0. The molecule has 2 unspecified atom stereocenters. The van der Waals surface area contributed by atoms with Crippen molar-refractivity contribution < 1.29 is 19.4 Å². The maximum Gasteiger partial charge on any atom is 0.327 e. The van der Waals surface area contributed by atoms with Crippen LogP contribution in [-0.4, -0.2) is 36.5 Å². The molecule has 4 heteroatoms. The normalized spacial score (nSPS) is 19.1. The van der Waals surface area contributed by atoms with Gasteiger partial charge in [-0.25, -0.2) is 4.79 Å². The summed E-state index contributed by atoms with van der Waals surface area (Å²) in [6.07, 6.45) is 29.0. The van der Waals surface area contributed by atoms with Gasteiger partial charge in [0.1, 0.15) is 0 Å². The molecule has 0 aromatic rings. The minimum Gasteiger partial charge on any atom is -0.478 e. The third kappa shape index (κ3) is 28.9. The lowest BCUT2D eigenvalue weighted by Crippen LogP contribution is -2.18. The van der Waals surface area contributed by atoms with Crippen LogP contribution in [0.1, 0.15) is 126 Å². The number of hydrogen-bond acceptors (Lipinski definition) is 3. The smallest absolute Gasteiger partial charge is 0.327 e. The van der Waals surface area contributed by atoms with Crippen LogP contribution in [-0.2, 0) is 14.3 Å². The van der Waals surface area contributed by atoms with Gasteiger partial charge < -0.3 is 14.6 Å². The van der Waals surface area contributed by atoms with Crippen molar-refractivity contribution >= 4 is 5.97 Å². The van der Waals surface area contributed by atoms with Crippen molar-refractivity contribution in [2.75, 3.05) is 13.2 Å². The van der Waals surface area contributed by atoms with Crippen LogP contribution < -0.4 is 0 Å². The van der Waals surface area contributed by atoms with Gasteiger partial charge in [-0.15, -0.1) is 0 Å². The van der Waals surface area contributed by atoms with Gasteiger partial charge in [0.25, 0.3) is 0 Å². The fraction of sp³-hybridized carbons (Fsp3) is 0.686. The number of hydrogen-bond donors (Lipinski definition) is 1. The Kier molecular flexibility index (Phi) is 29.3. The second-order valence-corrected chi connectivity index (χ2v) is 10.7. The van der Waals surface area contributed by atoms with Gasteiger partial charge in [-0.3, -0.25) is 0 Å². The van der Waals surface area contributed by atoms with Gasteiger partial charge >= 0.3 is 5.97 Å². The predicted octanol–water partition coefficient (Wildman–Crippen LogP) is 10.4. The zero-order valence-electron chi connectivity index (χ0n) is 26.6. The molecule has 2 aliphatic heterocycles. The molecule has 226 valence electrons. The third-order valence-corrected chi connectivity index (χ3v) is 6.08. The molecular formula is C35H62O4. The Morgan fingerprint density at radius 2 is 1.79 bits per heavy atom. The van der Waals surface area contributed by atoms with Gasteiger partial charge in [0.05, 0.1) is 25.4 Å². The van der Waals surface area contributed by atoms with Gasteiger partial charge in [0, 0.05) is 6.08 Å². The van der Waals surface area contributed by atoms with Gasteiger partial charge in [0.15, 0.2) is 0 Å². The summed E-state index contributed by atoms with van der Waals surface area (Å²) in [5, 5.41) is 7.83. The summed E-state index contributed by atoms with van der Waals surface area (Å²) in [6.45, 7) is 20.6. The van der Waals surface area contributed by atoms with Crippen molar-refractivity contribution in [3.05, 3.63) is 60.3 Å². The molecule has 0 aromatic carbocycles. The van der Waals surface area contributed by atoms with E-state index in [1.807, 2.05) is 0 Å². The van der Waals surface area contributed by atoms with Crippen LogP contribution in [0, 0.1) is 5.92 Å². The molecule has 0 spiro atoms. The Morgan fingerprint density at radius 1 is 1.10 bits per heavy atom. The Bertz CT molecular complexity index is 701. The summed E-state index contributed by atoms with van der Waals surface area (Å²) in [5.74, 6) is -0.182. The van der Waals surface area contributed by atoms with Crippen LogP contribution in [0.25, 0.3) is 0 Å². The number of ether oxygens (including phenoxy) is 2. The summed E-state index contributed by atoms with van der Waals surface area (Å²) in [4.78, 5) is 9.51. The lowest BCUT2D eigenvalue weighted by atomic mass is 9.92. The van der Waals surface area contributed by atoms with Crippen LogP contribution in [0.15, 0.2) is 60.3 Å². The largest absolute Gasteiger partial charge is 0.478 e. The van der Waals surface area contributed by atoms with Crippen molar-refractivity contribution in [1.29, 1.82) is 0 Å². The molecule has 4 nitrogen and oxygen atoms in total. The molecule has 0 bridgehead atoms. The fourth-order valence-electron chi connectivity index (χ4n) is 4.09. The van der Waals surface area contributed by atoms with E-state index in [9.17, 15) is 4.79 Å². The van der Waals surface area contributed by atoms with Crippen LogP contribution in [0.3, 0.4) is 0 Å². The first kappa shape index (κ1) is 39.2. The monoisotopic (exact) mass is 546 g/mol. The van der Waals surface area contributed by atoms with E-state index in [0.29, 0.717) is 18.1 Å². The molecule has 2 heterocycles. The van der Waals surface area contributed by atoms with Gasteiger partial charge in [0.2, 0.25) is 0 Å². The van der Waals surface area contributed by atoms with E-state index in [4.69, 9.17) is 14.6 Å². The number of rotatable bonds is 13. The van der Waals surface area contributed by atoms with Gasteiger partial charge in [-0.2, -0.15) is 0 Å². The van der Waals surface area contributed by atoms with E-state index in [1.54, 1.807) is 6.92 Å². The van der Waals surface area contributed by atoms with E-state index in [2.05, 4.69) is 78.5 Å². The quantitative estimate of drug-likeness (QED) is 0.142. The predicted molar refractivity (Wildman–Crippen MR) is 170 cm³/mol. The highest BCUT2D eigenvalue weighted by molar-refractivity contribution is 5.79. The Labute approximate surface area is 242 Å². The third-order valence-electron chi connectivity index (χ3n) is 6.08. The number of unbranched alkanes of at least 4 members (excludes halogenated alkanes) is 4. The molecule has 0 saturated heterocycles. The number of carbonyl (C=O) groups is 1. The molecule has 0 radical (unpaired) electrons. The Morgan fingerprint density at radius 3 is 2.31 bits per heavy atom. The van der Waals surface area contributed by atoms with Crippen molar-refractivity contribution in [2.24, 2.45) is 5.92 Å². The highest BCUT2D eigenvalue weighted by atomic mass is 16.5. The van der Waals surface area contributed by atoms with Crippen molar-refractivity contribution in [1.82, 2.24) is 0 Å². The first-order valence-corrected chi connectivity index (χ1v) is 15.5. The molecule has 3 atom stereocenters. The molecule has 0 aromatic heterocycles. The Balaban J connectivity index is 0. The molecular weight excluding hydrogens is 484 g/mol. The maximum atomic E-state index is 9.51. The van der Waals surface area contributed by atoms with Crippen LogP contribution in [0.5, 0.6) is 0 Å². The zero-order chi connectivity index (χ0) is 29.7.